The predicted octanol–water partition coefficient (Wildman–Crippen LogP) is 3.65. The molecule has 0 saturated carbocycles. The van der Waals surface area contributed by atoms with Gasteiger partial charge < -0.3 is 10.3 Å². The van der Waals surface area contributed by atoms with Crippen molar-refractivity contribution in [3.8, 4) is 11.4 Å². The third-order valence-corrected chi connectivity index (χ3v) is 3.62. The second-order valence-electron chi connectivity index (χ2n) is 5.28. The molecule has 120 valence electrons. The maximum absolute atomic E-state index is 12.3. The molecule has 1 amide bonds. The minimum atomic E-state index is -0.241. The van der Waals surface area contributed by atoms with Crippen molar-refractivity contribution < 1.29 is 4.79 Å². The summed E-state index contributed by atoms with van der Waals surface area (Å²) in [5.41, 5.74) is 2.24. The van der Waals surface area contributed by atoms with Crippen molar-refractivity contribution in [2.45, 2.75) is 6.92 Å². The summed E-state index contributed by atoms with van der Waals surface area (Å²) in [6.45, 7) is 1.75. The highest BCUT2D eigenvalue weighted by atomic mass is 35.5. The van der Waals surface area contributed by atoms with Gasteiger partial charge in [-0.25, -0.2) is 4.98 Å². The van der Waals surface area contributed by atoms with Gasteiger partial charge in [-0.3, -0.25) is 9.59 Å². The summed E-state index contributed by atoms with van der Waals surface area (Å²) in [4.78, 5) is 30.8. The lowest BCUT2D eigenvalue weighted by molar-refractivity contribution is 0.102. The van der Waals surface area contributed by atoms with Crippen LogP contribution in [0.1, 0.15) is 16.1 Å². The van der Waals surface area contributed by atoms with Crippen LogP contribution >= 0.6 is 11.6 Å². The van der Waals surface area contributed by atoms with Crippen molar-refractivity contribution in [3.63, 3.8) is 0 Å². The summed E-state index contributed by atoms with van der Waals surface area (Å²) in [6, 6.07) is 15.2. The van der Waals surface area contributed by atoms with Gasteiger partial charge in [0.1, 0.15) is 5.82 Å². The average Bonchev–Trinajstić information content (AvgIpc) is 2.55. The summed E-state index contributed by atoms with van der Waals surface area (Å²) in [5.74, 6) is 0.220. The first kappa shape index (κ1) is 16.0. The van der Waals surface area contributed by atoms with Crippen LogP contribution in [0, 0.1) is 6.92 Å². The van der Waals surface area contributed by atoms with Gasteiger partial charge in [-0.2, -0.15) is 0 Å². The van der Waals surface area contributed by atoms with Gasteiger partial charge in [-0.15, -0.1) is 0 Å². The molecule has 0 aliphatic carbocycles. The molecule has 2 N–H and O–H groups in total. The van der Waals surface area contributed by atoms with Crippen molar-refractivity contribution in [1.82, 2.24) is 9.97 Å². The van der Waals surface area contributed by atoms with E-state index in [0.29, 0.717) is 33.4 Å². The van der Waals surface area contributed by atoms with Gasteiger partial charge in [0.15, 0.2) is 0 Å². The lowest BCUT2D eigenvalue weighted by Gasteiger charge is -2.08. The third-order valence-electron chi connectivity index (χ3n) is 3.37. The number of amides is 1. The number of nitrogens with zero attached hydrogens (tertiary/aromatic N) is 1. The Morgan fingerprint density at radius 3 is 2.58 bits per heavy atom. The van der Waals surface area contributed by atoms with Crippen LogP contribution < -0.4 is 10.9 Å². The zero-order chi connectivity index (χ0) is 17.1. The number of hydrogen-bond donors (Lipinski definition) is 2. The topological polar surface area (TPSA) is 74.8 Å². The Kier molecular flexibility index (Phi) is 4.44. The van der Waals surface area contributed by atoms with Crippen LogP contribution in [0.3, 0.4) is 0 Å². The molecule has 3 aromatic rings. The van der Waals surface area contributed by atoms with E-state index in [2.05, 4.69) is 15.3 Å². The fourth-order valence-electron chi connectivity index (χ4n) is 2.26. The Morgan fingerprint density at radius 2 is 1.88 bits per heavy atom. The first-order chi connectivity index (χ1) is 11.5. The Morgan fingerprint density at radius 1 is 1.12 bits per heavy atom. The Bertz CT molecular complexity index is 949. The molecular formula is C18H14ClN3O2. The van der Waals surface area contributed by atoms with Gasteiger partial charge in [0.2, 0.25) is 0 Å². The summed E-state index contributed by atoms with van der Waals surface area (Å²) < 4.78 is 0. The lowest BCUT2D eigenvalue weighted by atomic mass is 10.1. The number of nitrogens with one attached hydrogen (secondary N) is 2. The molecule has 0 aliphatic rings. The lowest BCUT2D eigenvalue weighted by Crippen LogP contribution is -2.12. The van der Waals surface area contributed by atoms with Crippen LogP contribution in [0.2, 0.25) is 5.02 Å². The molecule has 0 bridgehead atoms. The highest BCUT2D eigenvalue weighted by molar-refractivity contribution is 6.30. The van der Waals surface area contributed by atoms with Crippen LogP contribution in [-0.2, 0) is 0 Å². The molecule has 2 aromatic carbocycles. The van der Waals surface area contributed by atoms with Crippen molar-refractivity contribution in [2.75, 3.05) is 5.32 Å². The minimum absolute atomic E-state index is 0.215. The molecule has 0 saturated heterocycles. The molecule has 1 heterocycles. The zero-order valence-corrected chi connectivity index (χ0v) is 13.6. The van der Waals surface area contributed by atoms with Gasteiger partial charge in [-0.05, 0) is 43.3 Å². The third kappa shape index (κ3) is 3.70. The SMILES string of the molecule is Cc1cc(=O)[nH]c(-c2cccc(NC(=O)c3ccc(Cl)cc3)c2)n1. The summed E-state index contributed by atoms with van der Waals surface area (Å²) in [7, 11) is 0. The molecule has 0 fully saturated rings. The van der Waals surface area contributed by atoms with E-state index in [-0.39, 0.29) is 11.5 Å². The minimum Gasteiger partial charge on any atom is -0.322 e. The van der Waals surface area contributed by atoms with Crippen molar-refractivity contribution >= 4 is 23.2 Å². The number of anilines is 1. The number of aromatic nitrogens is 2. The fourth-order valence-corrected chi connectivity index (χ4v) is 2.39. The highest BCUT2D eigenvalue weighted by Crippen LogP contribution is 2.19. The van der Waals surface area contributed by atoms with Gasteiger partial charge in [0, 0.05) is 33.6 Å². The van der Waals surface area contributed by atoms with E-state index in [1.807, 2.05) is 6.07 Å². The molecule has 24 heavy (non-hydrogen) atoms. The van der Waals surface area contributed by atoms with Gasteiger partial charge in [-0.1, -0.05) is 23.7 Å². The zero-order valence-electron chi connectivity index (χ0n) is 12.8. The quantitative estimate of drug-likeness (QED) is 0.764. The first-order valence-electron chi connectivity index (χ1n) is 7.26. The molecule has 0 unspecified atom stereocenters. The van der Waals surface area contributed by atoms with E-state index in [0.717, 1.165) is 0 Å². The second kappa shape index (κ2) is 6.68. The van der Waals surface area contributed by atoms with E-state index in [9.17, 15) is 9.59 Å². The highest BCUT2D eigenvalue weighted by Gasteiger charge is 2.08. The molecule has 0 atom stereocenters. The summed E-state index contributed by atoms with van der Waals surface area (Å²) >= 11 is 5.82. The van der Waals surface area contributed by atoms with E-state index in [1.54, 1.807) is 49.4 Å². The maximum Gasteiger partial charge on any atom is 0.255 e. The molecule has 0 radical (unpaired) electrons. The number of aromatic amines is 1. The largest absolute Gasteiger partial charge is 0.322 e. The second-order valence-corrected chi connectivity index (χ2v) is 5.71. The number of halogens is 1. The standard InChI is InChI=1S/C18H14ClN3O2/c1-11-9-16(23)22-17(20-11)13-3-2-4-15(10-13)21-18(24)12-5-7-14(19)8-6-12/h2-10H,1H3,(H,21,24)(H,20,22,23). The monoisotopic (exact) mass is 339 g/mol. The Labute approximate surface area is 143 Å². The molecule has 0 spiro atoms. The van der Waals surface area contributed by atoms with Crippen LogP contribution in [0.15, 0.2) is 59.4 Å². The number of benzene rings is 2. The molecular weight excluding hydrogens is 326 g/mol. The summed E-state index contributed by atoms with van der Waals surface area (Å²) in [6.07, 6.45) is 0. The van der Waals surface area contributed by atoms with Gasteiger partial charge >= 0.3 is 0 Å². The van der Waals surface area contributed by atoms with Crippen LogP contribution in [0.5, 0.6) is 0 Å². The summed E-state index contributed by atoms with van der Waals surface area (Å²) in [5, 5.41) is 3.39. The molecule has 0 aliphatic heterocycles. The van der Waals surface area contributed by atoms with Crippen LogP contribution in [0.25, 0.3) is 11.4 Å². The number of rotatable bonds is 3. The number of carbonyl (C=O) groups excluding carboxylic acids is 1. The number of hydrogen-bond acceptors (Lipinski definition) is 3. The maximum atomic E-state index is 12.3. The number of aryl methyl sites for hydroxylation is 1. The fraction of sp³-hybridized carbons (Fsp3) is 0.0556. The van der Waals surface area contributed by atoms with Crippen LogP contribution in [-0.4, -0.2) is 15.9 Å². The Hall–Kier alpha value is -2.92. The van der Waals surface area contributed by atoms with Gasteiger partial charge in [0.25, 0.3) is 11.5 Å². The smallest absolute Gasteiger partial charge is 0.255 e. The van der Waals surface area contributed by atoms with Crippen molar-refractivity contribution in [1.29, 1.82) is 0 Å². The number of carbonyl (C=O) groups is 1. The van der Waals surface area contributed by atoms with Gasteiger partial charge in [0.05, 0.1) is 0 Å². The Balaban J connectivity index is 1.86. The first-order valence-corrected chi connectivity index (χ1v) is 7.64. The van der Waals surface area contributed by atoms with E-state index in [1.165, 1.54) is 6.07 Å². The van der Waals surface area contributed by atoms with E-state index in [4.69, 9.17) is 11.6 Å². The van der Waals surface area contributed by atoms with Crippen molar-refractivity contribution in [2.24, 2.45) is 0 Å². The molecule has 5 nitrogen and oxygen atoms in total. The molecule has 6 heteroatoms. The van der Waals surface area contributed by atoms with Crippen LogP contribution in [0.4, 0.5) is 5.69 Å². The van der Waals surface area contributed by atoms with Crippen molar-refractivity contribution in [3.05, 3.63) is 81.2 Å². The van der Waals surface area contributed by atoms with E-state index < -0.39 is 0 Å². The normalized spacial score (nSPS) is 10.4. The molecule has 1 aromatic heterocycles. The number of H-pyrrole nitrogens is 1. The average molecular weight is 340 g/mol. The molecule has 3 rings (SSSR count). The predicted molar refractivity (Wildman–Crippen MR) is 94.4 cm³/mol. The van der Waals surface area contributed by atoms with E-state index >= 15 is 0 Å².